The topological polar surface area (TPSA) is 29.5 Å². The van der Waals surface area contributed by atoms with Gasteiger partial charge in [0.05, 0.1) is 7.11 Å². The molecule has 2 aromatic rings. The Hall–Kier alpha value is -1.39. The van der Waals surface area contributed by atoms with Gasteiger partial charge < -0.3 is 9.84 Å². The minimum Gasteiger partial charge on any atom is -0.494 e. The Bertz CT molecular complexity index is 597. The highest BCUT2D eigenvalue weighted by Crippen LogP contribution is 2.37. The summed E-state index contributed by atoms with van der Waals surface area (Å²) in [4.78, 5) is 2.16. The summed E-state index contributed by atoms with van der Waals surface area (Å²) < 4.78 is 19.2. The number of rotatable bonds is 3. The number of aliphatic hydroxyl groups excluding tert-OH is 1. The van der Waals surface area contributed by atoms with E-state index in [0.717, 1.165) is 17.7 Å². The van der Waals surface area contributed by atoms with Gasteiger partial charge in [-0.25, -0.2) is 4.39 Å². The number of aliphatic hydroxyl groups is 1. The number of halogens is 1. The first-order valence-corrected chi connectivity index (χ1v) is 7.64. The van der Waals surface area contributed by atoms with Gasteiger partial charge in [-0.3, -0.25) is 0 Å². The molecule has 1 heterocycles. The maximum Gasteiger partial charge on any atom is 0.171 e. The molecule has 0 radical (unpaired) electrons. The van der Waals surface area contributed by atoms with E-state index in [-0.39, 0.29) is 11.3 Å². The Morgan fingerprint density at radius 1 is 1.30 bits per heavy atom. The van der Waals surface area contributed by atoms with Crippen molar-refractivity contribution in [2.45, 2.75) is 31.8 Å². The molecule has 0 saturated carbocycles. The Kier molecular flexibility index (Phi) is 3.76. The van der Waals surface area contributed by atoms with Crippen molar-refractivity contribution in [3.05, 3.63) is 51.0 Å². The first-order chi connectivity index (χ1) is 9.70. The number of hydrogen-bond donors (Lipinski definition) is 1. The summed E-state index contributed by atoms with van der Waals surface area (Å²) >= 11 is 1.60. The fraction of sp³-hybridized carbons (Fsp3) is 0.375. The van der Waals surface area contributed by atoms with E-state index in [9.17, 15) is 9.50 Å². The van der Waals surface area contributed by atoms with E-state index >= 15 is 0 Å². The highest BCUT2D eigenvalue weighted by molar-refractivity contribution is 7.12. The minimum absolute atomic E-state index is 0.169. The number of ether oxygens (including phenoxy) is 1. The van der Waals surface area contributed by atoms with Crippen molar-refractivity contribution in [1.29, 1.82) is 0 Å². The van der Waals surface area contributed by atoms with Gasteiger partial charge in [-0.1, -0.05) is 12.1 Å². The van der Waals surface area contributed by atoms with Crippen LogP contribution in [-0.4, -0.2) is 12.2 Å². The second kappa shape index (κ2) is 5.54. The predicted octanol–water partition coefficient (Wildman–Crippen LogP) is 3.86. The van der Waals surface area contributed by atoms with Crippen LogP contribution in [0.2, 0.25) is 0 Å². The lowest BCUT2D eigenvalue weighted by molar-refractivity contribution is 0.217. The molecular formula is C16H17FO2S. The van der Waals surface area contributed by atoms with Gasteiger partial charge in [-0.2, -0.15) is 0 Å². The predicted molar refractivity (Wildman–Crippen MR) is 78.0 cm³/mol. The summed E-state index contributed by atoms with van der Waals surface area (Å²) in [5.41, 5.74) is 1.60. The van der Waals surface area contributed by atoms with Crippen LogP contribution in [0.25, 0.3) is 0 Å². The van der Waals surface area contributed by atoms with Crippen molar-refractivity contribution in [3.63, 3.8) is 0 Å². The van der Waals surface area contributed by atoms with E-state index in [1.54, 1.807) is 29.5 Å². The van der Waals surface area contributed by atoms with Crippen LogP contribution < -0.4 is 4.74 Å². The van der Waals surface area contributed by atoms with E-state index in [4.69, 9.17) is 4.74 Å². The van der Waals surface area contributed by atoms with Crippen LogP contribution in [-0.2, 0) is 12.8 Å². The quantitative estimate of drug-likeness (QED) is 0.931. The Morgan fingerprint density at radius 2 is 2.10 bits per heavy atom. The molecule has 20 heavy (non-hydrogen) atoms. The molecule has 0 spiro atoms. The number of thiophene rings is 1. The van der Waals surface area contributed by atoms with E-state index in [1.807, 2.05) is 6.07 Å². The first-order valence-electron chi connectivity index (χ1n) is 6.82. The second-order valence-corrected chi connectivity index (χ2v) is 6.24. The largest absolute Gasteiger partial charge is 0.494 e. The summed E-state index contributed by atoms with van der Waals surface area (Å²) in [6.45, 7) is 0. The zero-order chi connectivity index (χ0) is 14.1. The molecule has 4 heteroatoms. The SMILES string of the molecule is COc1cccc(C(O)c2cc3c(s2)CCCC3)c1F. The molecule has 1 N–H and O–H groups in total. The summed E-state index contributed by atoms with van der Waals surface area (Å²) in [5, 5.41) is 10.5. The molecule has 3 rings (SSSR count). The van der Waals surface area contributed by atoms with Gasteiger partial charge >= 0.3 is 0 Å². The van der Waals surface area contributed by atoms with Crippen molar-refractivity contribution in [2.75, 3.05) is 7.11 Å². The lowest BCUT2D eigenvalue weighted by atomic mass is 9.98. The number of hydrogen-bond acceptors (Lipinski definition) is 3. The molecule has 0 fully saturated rings. The maximum atomic E-state index is 14.2. The second-order valence-electron chi connectivity index (χ2n) is 5.07. The highest BCUT2D eigenvalue weighted by atomic mass is 32.1. The van der Waals surface area contributed by atoms with Crippen molar-refractivity contribution < 1.29 is 14.2 Å². The number of fused-ring (bicyclic) bond motifs is 1. The van der Waals surface area contributed by atoms with E-state index in [2.05, 4.69) is 0 Å². The summed E-state index contributed by atoms with van der Waals surface area (Å²) in [7, 11) is 1.43. The fourth-order valence-corrected chi connectivity index (χ4v) is 3.96. The van der Waals surface area contributed by atoms with Gasteiger partial charge in [-0.05, 0) is 43.4 Å². The molecule has 0 aliphatic heterocycles. The van der Waals surface area contributed by atoms with Crippen LogP contribution in [0.15, 0.2) is 24.3 Å². The van der Waals surface area contributed by atoms with Crippen LogP contribution in [0, 0.1) is 5.82 Å². The zero-order valence-corrected chi connectivity index (χ0v) is 12.2. The molecule has 2 nitrogen and oxygen atoms in total. The average molecular weight is 292 g/mol. The standard InChI is InChI=1S/C16H17FO2S/c1-19-12-7-4-6-11(15(12)17)16(18)14-9-10-5-2-3-8-13(10)20-14/h4,6-7,9,16,18H,2-3,5,8H2,1H3. The van der Waals surface area contributed by atoms with Crippen LogP contribution >= 0.6 is 11.3 Å². The Balaban J connectivity index is 1.96. The van der Waals surface area contributed by atoms with E-state index in [1.165, 1.54) is 30.4 Å². The maximum absolute atomic E-state index is 14.2. The fourth-order valence-electron chi connectivity index (χ4n) is 2.70. The van der Waals surface area contributed by atoms with Crippen LogP contribution in [0.1, 0.15) is 39.8 Å². The molecule has 1 aromatic heterocycles. The molecule has 0 saturated heterocycles. The smallest absolute Gasteiger partial charge is 0.171 e. The molecule has 1 aliphatic carbocycles. The molecule has 0 amide bonds. The molecule has 1 aromatic carbocycles. The van der Waals surface area contributed by atoms with E-state index < -0.39 is 11.9 Å². The third-order valence-corrected chi connectivity index (χ3v) is 5.08. The van der Waals surface area contributed by atoms with Gasteiger partial charge in [-0.15, -0.1) is 11.3 Å². The van der Waals surface area contributed by atoms with Crippen LogP contribution in [0.4, 0.5) is 4.39 Å². The lowest BCUT2D eigenvalue weighted by Gasteiger charge is -2.12. The molecule has 0 bridgehead atoms. The van der Waals surface area contributed by atoms with Crippen molar-refractivity contribution in [1.82, 2.24) is 0 Å². The van der Waals surface area contributed by atoms with Gasteiger partial charge in [0.15, 0.2) is 11.6 Å². The summed E-state index contributed by atoms with van der Waals surface area (Å²) in [6, 6.07) is 6.91. The van der Waals surface area contributed by atoms with Crippen LogP contribution in [0.5, 0.6) is 5.75 Å². The normalized spacial score (nSPS) is 15.8. The summed E-state index contributed by atoms with van der Waals surface area (Å²) in [6.07, 6.45) is 3.64. The third-order valence-electron chi connectivity index (χ3n) is 3.79. The zero-order valence-electron chi connectivity index (χ0n) is 11.4. The number of benzene rings is 1. The van der Waals surface area contributed by atoms with Crippen molar-refractivity contribution in [2.24, 2.45) is 0 Å². The van der Waals surface area contributed by atoms with Crippen LogP contribution in [0.3, 0.4) is 0 Å². The number of methoxy groups -OCH3 is 1. The monoisotopic (exact) mass is 292 g/mol. The van der Waals surface area contributed by atoms with E-state index in [0.29, 0.717) is 0 Å². The Labute approximate surface area is 121 Å². The van der Waals surface area contributed by atoms with Gasteiger partial charge in [0.1, 0.15) is 6.10 Å². The lowest BCUT2D eigenvalue weighted by Crippen LogP contribution is -2.02. The molecule has 1 aliphatic rings. The summed E-state index contributed by atoms with van der Waals surface area (Å²) in [5.74, 6) is -0.309. The third kappa shape index (κ3) is 2.34. The van der Waals surface area contributed by atoms with Gasteiger partial charge in [0, 0.05) is 15.3 Å². The van der Waals surface area contributed by atoms with Gasteiger partial charge in [0.25, 0.3) is 0 Å². The number of aryl methyl sites for hydroxylation is 2. The molecule has 106 valence electrons. The average Bonchev–Trinajstić information content (AvgIpc) is 2.90. The highest BCUT2D eigenvalue weighted by Gasteiger charge is 2.22. The van der Waals surface area contributed by atoms with Crippen molar-refractivity contribution in [3.8, 4) is 5.75 Å². The molecular weight excluding hydrogens is 275 g/mol. The molecule has 1 unspecified atom stereocenters. The first kappa shape index (κ1) is 13.6. The molecule has 1 atom stereocenters. The van der Waals surface area contributed by atoms with Gasteiger partial charge in [0.2, 0.25) is 0 Å². The van der Waals surface area contributed by atoms with Crippen molar-refractivity contribution >= 4 is 11.3 Å². The minimum atomic E-state index is -0.916. The Morgan fingerprint density at radius 3 is 2.85 bits per heavy atom.